The number of ketones is 1. The molecule has 0 aliphatic rings. The Hall–Kier alpha value is -2.50. The van der Waals surface area contributed by atoms with Crippen LogP contribution in [0.15, 0.2) is 12.1 Å². The number of carbonyl (C=O) groups is 2. The number of carbonyl (C=O) groups excluding carboxylic acids is 1. The summed E-state index contributed by atoms with van der Waals surface area (Å²) in [6.45, 7) is 1.69. The highest BCUT2D eigenvalue weighted by Gasteiger charge is 2.27. The van der Waals surface area contributed by atoms with E-state index < -0.39 is 11.8 Å². The Morgan fingerprint density at radius 1 is 1.15 bits per heavy atom. The Labute approximate surface area is 115 Å². The van der Waals surface area contributed by atoms with Crippen LogP contribution in [0.2, 0.25) is 0 Å². The van der Waals surface area contributed by atoms with E-state index in [1.165, 1.54) is 14.2 Å². The number of nitrogens with zero attached hydrogens (tertiary/aromatic N) is 1. The van der Waals surface area contributed by atoms with Crippen molar-refractivity contribution in [2.24, 2.45) is 7.05 Å². The van der Waals surface area contributed by atoms with Gasteiger partial charge in [-0.1, -0.05) is 0 Å². The molecule has 1 aromatic carbocycles. The predicted molar refractivity (Wildman–Crippen MR) is 72.7 cm³/mol. The third-order valence-corrected chi connectivity index (χ3v) is 3.41. The lowest BCUT2D eigenvalue weighted by molar-refractivity contribution is -0.131. The van der Waals surface area contributed by atoms with Crippen molar-refractivity contribution in [3.8, 4) is 11.5 Å². The van der Waals surface area contributed by atoms with Gasteiger partial charge in [0, 0.05) is 12.7 Å². The first-order chi connectivity index (χ1) is 9.43. The number of aliphatic carboxylic acids is 1. The van der Waals surface area contributed by atoms with E-state index in [0.717, 1.165) is 0 Å². The summed E-state index contributed by atoms with van der Waals surface area (Å²) < 4.78 is 12.3. The van der Waals surface area contributed by atoms with E-state index >= 15 is 0 Å². The Kier molecular flexibility index (Phi) is 3.40. The van der Waals surface area contributed by atoms with Gasteiger partial charge in [-0.3, -0.25) is 4.79 Å². The van der Waals surface area contributed by atoms with Gasteiger partial charge in [0.15, 0.2) is 0 Å². The second kappa shape index (κ2) is 4.88. The average Bonchev–Trinajstić information content (AvgIpc) is 2.70. The van der Waals surface area contributed by atoms with Gasteiger partial charge in [-0.25, -0.2) is 4.79 Å². The van der Waals surface area contributed by atoms with E-state index in [-0.39, 0.29) is 5.56 Å². The molecule has 0 aliphatic carbocycles. The first-order valence-electron chi connectivity index (χ1n) is 5.91. The average molecular weight is 277 g/mol. The molecule has 20 heavy (non-hydrogen) atoms. The quantitative estimate of drug-likeness (QED) is 0.680. The first-order valence-corrected chi connectivity index (χ1v) is 5.91. The molecular weight excluding hydrogens is 262 g/mol. The van der Waals surface area contributed by atoms with E-state index in [4.69, 9.17) is 14.6 Å². The number of aryl methyl sites for hydroxylation is 1. The van der Waals surface area contributed by atoms with Crippen LogP contribution in [0.5, 0.6) is 11.5 Å². The highest BCUT2D eigenvalue weighted by Crippen LogP contribution is 2.38. The topological polar surface area (TPSA) is 77.8 Å². The van der Waals surface area contributed by atoms with Crippen LogP contribution >= 0.6 is 0 Å². The van der Waals surface area contributed by atoms with Gasteiger partial charge in [-0.2, -0.15) is 0 Å². The number of carboxylic acids is 1. The molecule has 0 radical (unpaired) electrons. The van der Waals surface area contributed by atoms with Gasteiger partial charge in [0.2, 0.25) is 0 Å². The normalized spacial score (nSPS) is 10.6. The number of benzene rings is 1. The number of rotatable bonds is 4. The van der Waals surface area contributed by atoms with E-state index in [0.29, 0.717) is 28.1 Å². The molecule has 1 N–H and O–H groups in total. The van der Waals surface area contributed by atoms with Crippen LogP contribution < -0.4 is 9.47 Å². The summed E-state index contributed by atoms with van der Waals surface area (Å²) in [4.78, 5) is 23.0. The van der Waals surface area contributed by atoms with Crippen molar-refractivity contribution in [1.29, 1.82) is 0 Å². The number of hydrogen-bond acceptors (Lipinski definition) is 4. The summed E-state index contributed by atoms with van der Waals surface area (Å²) in [7, 11) is 4.74. The lowest BCUT2D eigenvalue weighted by atomic mass is 10.1. The maximum absolute atomic E-state index is 12.0. The molecular formula is C14H15NO5. The van der Waals surface area contributed by atoms with Crippen molar-refractivity contribution in [3.63, 3.8) is 0 Å². The van der Waals surface area contributed by atoms with Crippen molar-refractivity contribution >= 4 is 22.7 Å². The fraction of sp³-hybridized carbons (Fsp3) is 0.286. The summed E-state index contributed by atoms with van der Waals surface area (Å²) in [5, 5.41) is 9.45. The first kappa shape index (κ1) is 13.9. The van der Waals surface area contributed by atoms with Gasteiger partial charge < -0.3 is 19.1 Å². The molecule has 1 aromatic heterocycles. The third kappa shape index (κ3) is 1.80. The molecule has 0 fully saturated rings. The number of carboxylic acid groups (broad SMARTS) is 1. The monoisotopic (exact) mass is 277 g/mol. The highest BCUT2D eigenvalue weighted by molar-refractivity contribution is 6.43. The molecule has 0 aliphatic heterocycles. The van der Waals surface area contributed by atoms with Crippen LogP contribution in [0.1, 0.15) is 16.1 Å². The number of fused-ring (bicyclic) bond motifs is 1. The second-order valence-electron chi connectivity index (χ2n) is 4.35. The van der Waals surface area contributed by atoms with Crippen LogP contribution in [0.3, 0.4) is 0 Å². The molecule has 6 heteroatoms. The van der Waals surface area contributed by atoms with Crippen LogP contribution in [0.25, 0.3) is 10.9 Å². The summed E-state index contributed by atoms with van der Waals surface area (Å²) in [6.07, 6.45) is 0. The summed E-state index contributed by atoms with van der Waals surface area (Å²) in [6, 6.07) is 3.37. The zero-order chi connectivity index (χ0) is 15.0. The molecule has 0 bridgehead atoms. The minimum Gasteiger partial charge on any atom is -0.496 e. The molecule has 0 atom stereocenters. The number of Topliss-reactive ketones (excluding diaryl/α,β-unsaturated/α-hetero) is 1. The van der Waals surface area contributed by atoms with Gasteiger partial charge in [0.05, 0.1) is 30.7 Å². The molecule has 6 nitrogen and oxygen atoms in total. The maximum atomic E-state index is 12.0. The van der Waals surface area contributed by atoms with Crippen molar-refractivity contribution in [2.75, 3.05) is 14.2 Å². The molecule has 0 unspecified atom stereocenters. The third-order valence-electron chi connectivity index (χ3n) is 3.41. The van der Waals surface area contributed by atoms with Crippen LogP contribution in [0.4, 0.5) is 0 Å². The molecule has 106 valence electrons. The smallest absolute Gasteiger partial charge is 0.377 e. The molecule has 0 saturated heterocycles. The van der Waals surface area contributed by atoms with Crippen LogP contribution in [-0.2, 0) is 11.8 Å². The summed E-state index contributed by atoms with van der Waals surface area (Å²) in [5.74, 6) is -1.46. The van der Waals surface area contributed by atoms with Crippen molar-refractivity contribution < 1.29 is 24.2 Å². The van der Waals surface area contributed by atoms with Gasteiger partial charge in [0.25, 0.3) is 5.78 Å². The lowest BCUT2D eigenvalue weighted by Gasteiger charge is -2.08. The molecule has 2 rings (SSSR count). The number of hydrogen-bond donors (Lipinski definition) is 1. The molecule has 2 aromatic rings. The maximum Gasteiger partial charge on any atom is 0.377 e. The Balaban J connectivity index is 2.98. The number of aromatic nitrogens is 1. The zero-order valence-corrected chi connectivity index (χ0v) is 11.7. The van der Waals surface area contributed by atoms with E-state index in [9.17, 15) is 9.59 Å². The molecule has 1 heterocycles. The molecule has 0 spiro atoms. The van der Waals surface area contributed by atoms with Crippen LogP contribution in [0, 0.1) is 6.92 Å². The minimum atomic E-state index is -1.49. The highest BCUT2D eigenvalue weighted by atomic mass is 16.5. The van der Waals surface area contributed by atoms with Gasteiger partial charge >= 0.3 is 5.97 Å². The van der Waals surface area contributed by atoms with Crippen molar-refractivity contribution in [2.45, 2.75) is 6.92 Å². The summed E-state index contributed by atoms with van der Waals surface area (Å²) in [5.41, 5.74) is 1.31. The Bertz CT molecular complexity index is 714. The van der Waals surface area contributed by atoms with E-state index in [1.807, 2.05) is 0 Å². The van der Waals surface area contributed by atoms with Crippen molar-refractivity contribution in [3.05, 3.63) is 23.4 Å². The van der Waals surface area contributed by atoms with Gasteiger partial charge in [-0.15, -0.1) is 0 Å². The largest absolute Gasteiger partial charge is 0.496 e. The fourth-order valence-corrected chi connectivity index (χ4v) is 2.36. The lowest BCUT2D eigenvalue weighted by Crippen LogP contribution is -2.14. The number of ether oxygens (including phenoxy) is 2. The summed E-state index contributed by atoms with van der Waals surface area (Å²) >= 11 is 0. The van der Waals surface area contributed by atoms with Gasteiger partial charge in [0.1, 0.15) is 11.5 Å². The SMILES string of the molecule is COc1ccc(OC)c2c1c(C(=O)C(=O)O)c(C)n2C. The predicted octanol–water partition coefficient (Wildman–Crippen LogP) is 1.77. The second-order valence-corrected chi connectivity index (χ2v) is 4.35. The molecule has 0 amide bonds. The molecule has 0 saturated carbocycles. The minimum absolute atomic E-state index is 0.130. The Morgan fingerprint density at radius 2 is 1.70 bits per heavy atom. The number of methoxy groups -OCH3 is 2. The fourth-order valence-electron chi connectivity index (χ4n) is 2.36. The van der Waals surface area contributed by atoms with Crippen molar-refractivity contribution in [1.82, 2.24) is 4.57 Å². The standard InChI is InChI=1S/C14H15NO5/c1-7-10(13(16)14(17)18)11-8(19-3)5-6-9(20-4)12(11)15(7)2/h5-6H,1-4H3,(H,17,18). The van der Waals surface area contributed by atoms with E-state index in [1.54, 1.807) is 30.7 Å². The van der Waals surface area contributed by atoms with Crippen LogP contribution in [-0.4, -0.2) is 35.6 Å². The van der Waals surface area contributed by atoms with E-state index in [2.05, 4.69) is 0 Å². The Morgan fingerprint density at radius 3 is 2.20 bits per heavy atom. The van der Waals surface area contributed by atoms with Gasteiger partial charge in [-0.05, 0) is 19.1 Å². The zero-order valence-electron chi connectivity index (χ0n) is 11.7.